The summed E-state index contributed by atoms with van der Waals surface area (Å²) >= 11 is 0. The number of ether oxygens (including phenoxy) is 2. The second kappa shape index (κ2) is 10.9. The van der Waals surface area contributed by atoms with Gasteiger partial charge < -0.3 is 19.7 Å². The van der Waals surface area contributed by atoms with E-state index >= 15 is 0 Å². The molecule has 2 saturated heterocycles. The first-order valence-electron chi connectivity index (χ1n) is 11.0. The van der Waals surface area contributed by atoms with Gasteiger partial charge in [-0.1, -0.05) is 13.8 Å². The summed E-state index contributed by atoms with van der Waals surface area (Å²) < 4.78 is 11.1. The van der Waals surface area contributed by atoms with Gasteiger partial charge in [0.15, 0.2) is 0 Å². The number of nitrogens with one attached hydrogen (secondary N) is 2. The van der Waals surface area contributed by atoms with E-state index in [4.69, 9.17) is 9.47 Å². The van der Waals surface area contributed by atoms with Gasteiger partial charge in [0.2, 0.25) is 11.9 Å². The molecule has 9 heteroatoms. The number of amides is 1. The van der Waals surface area contributed by atoms with Crippen LogP contribution in [0.25, 0.3) is 0 Å². The first-order valence-corrected chi connectivity index (χ1v) is 11.0. The molecule has 9 nitrogen and oxygen atoms in total. The molecule has 3 heterocycles. The highest BCUT2D eigenvalue weighted by molar-refractivity contribution is 5.76. The predicted octanol–water partition coefficient (Wildman–Crippen LogP) is 0.321. The van der Waals surface area contributed by atoms with E-state index in [9.17, 15) is 9.59 Å². The van der Waals surface area contributed by atoms with Crippen molar-refractivity contribution in [2.75, 3.05) is 64.0 Å². The van der Waals surface area contributed by atoms with E-state index < -0.39 is 0 Å². The summed E-state index contributed by atoms with van der Waals surface area (Å²) in [6, 6.07) is 0. The number of carbonyl (C=O) groups excluding carboxylic acids is 1. The van der Waals surface area contributed by atoms with Gasteiger partial charge in [0, 0.05) is 56.9 Å². The van der Waals surface area contributed by atoms with E-state index in [0.29, 0.717) is 69.0 Å². The molecular weight excluding hydrogens is 386 g/mol. The Morgan fingerprint density at radius 3 is 2.73 bits per heavy atom. The normalized spacial score (nSPS) is 20.5. The first-order chi connectivity index (χ1) is 14.4. The van der Waals surface area contributed by atoms with Crippen LogP contribution in [-0.4, -0.2) is 86.0 Å². The molecule has 0 aromatic carbocycles. The second-order valence-electron chi connectivity index (χ2n) is 8.50. The van der Waals surface area contributed by atoms with Crippen molar-refractivity contribution in [1.82, 2.24) is 20.2 Å². The number of carbonyl (C=O) groups is 1. The van der Waals surface area contributed by atoms with Crippen LogP contribution >= 0.6 is 0 Å². The minimum absolute atomic E-state index is 0.0149. The molecule has 2 N–H and O–H groups in total. The SMILES string of the molecule is Cc1nc(N2CCOCC2)[nH]c(=O)c1CCC(=O)NCC1CN(CC(C)C)CCO1. The predicted molar refractivity (Wildman–Crippen MR) is 115 cm³/mol. The quantitative estimate of drug-likeness (QED) is 0.624. The van der Waals surface area contributed by atoms with Crippen LogP contribution in [0.2, 0.25) is 0 Å². The lowest BCUT2D eigenvalue weighted by atomic mass is 10.1. The lowest BCUT2D eigenvalue weighted by Gasteiger charge is -2.33. The molecule has 0 bridgehead atoms. The molecule has 0 saturated carbocycles. The molecule has 0 spiro atoms. The summed E-state index contributed by atoms with van der Waals surface area (Å²) in [6.07, 6.45) is 0.639. The number of morpholine rings is 2. The fourth-order valence-electron chi connectivity index (χ4n) is 3.96. The van der Waals surface area contributed by atoms with Crippen molar-refractivity contribution in [3.63, 3.8) is 0 Å². The zero-order chi connectivity index (χ0) is 21.5. The van der Waals surface area contributed by atoms with Crippen LogP contribution < -0.4 is 15.8 Å². The maximum absolute atomic E-state index is 12.5. The number of hydrogen-bond acceptors (Lipinski definition) is 7. The Balaban J connectivity index is 1.47. The molecule has 2 fully saturated rings. The van der Waals surface area contributed by atoms with Crippen molar-refractivity contribution in [2.24, 2.45) is 5.92 Å². The van der Waals surface area contributed by atoms with Crippen molar-refractivity contribution >= 4 is 11.9 Å². The van der Waals surface area contributed by atoms with Gasteiger partial charge in [-0.3, -0.25) is 19.5 Å². The van der Waals surface area contributed by atoms with Crippen LogP contribution in [0.1, 0.15) is 31.5 Å². The number of anilines is 1. The fourth-order valence-corrected chi connectivity index (χ4v) is 3.96. The molecule has 2 aliphatic rings. The molecular formula is C21H35N5O4. The van der Waals surface area contributed by atoms with Gasteiger partial charge >= 0.3 is 0 Å². The highest BCUT2D eigenvalue weighted by atomic mass is 16.5. The first kappa shape index (κ1) is 22.7. The van der Waals surface area contributed by atoms with Gasteiger partial charge in [-0.25, -0.2) is 4.98 Å². The van der Waals surface area contributed by atoms with Gasteiger partial charge in [-0.05, 0) is 19.3 Å². The van der Waals surface area contributed by atoms with Crippen LogP contribution in [0.3, 0.4) is 0 Å². The third kappa shape index (κ3) is 6.52. The van der Waals surface area contributed by atoms with Gasteiger partial charge in [0.1, 0.15) is 0 Å². The Morgan fingerprint density at radius 1 is 1.27 bits per heavy atom. The van der Waals surface area contributed by atoms with E-state index in [1.807, 2.05) is 11.8 Å². The van der Waals surface area contributed by atoms with E-state index in [2.05, 4.69) is 34.0 Å². The Labute approximate surface area is 178 Å². The van der Waals surface area contributed by atoms with Crippen molar-refractivity contribution in [1.29, 1.82) is 0 Å². The van der Waals surface area contributed by atoms with Gasteiger partial charge in [0.25, 0.3) is 5.56 Å². The molecule has 1 unspecified atom stereocenters. The van der Waals surface area contributed by atoms with E-state index in [0.717, 1.165) is 19.6 Å². The third-order valence-corrected chi connectivity index (χ3v) is 5.50. The number of hydrogen-bond donors (Lipinski definition) is 2. The summed E-state index contributed by atoms with van der Waals surface area (Å²) in [4.78, 5) is 36.7. The van der Waals surface area contributed by atoms with E-state index in [1.54, 1.807) is 0 Å². The van der Waals surface area contributed by atoms with Crippen LogP contribution in [-0.2, 0) is 20.7 Å². The smallest absolute Gasteiger partial charge is 0.255 e. The summed E-state index contributed by atoms with van der Waals surface area (Å²) in [7, 11) is 0. The fraction of sp³-hybridized carbons (Fsp3) is 0.762. The summed E-state index contributed by atoms with van der Waals surface area (Å²) in [5, 5.41) is 2.95. The maximum Gasteiger partial charge on any atom is 0.255 e. The van der Waals surface area contributed by atoms with E-state index in [-0.39, 0.29) is 24.0 Å². The topological polar surface area (TPSA) is 99.8 Å². The molecule has 2 aliphatic heterocycles. The summed E-state index contributed by atoms with van der Waals surface area (Å²) in [5.41, 5.74) is 1.07. The van der Waals surface area contributed by atoms with E-state index in [1.165, 1.54) is 0 Å². The van der Waals surface area contributed by atoms with Crippen LogP contribution in [0.15, 0.2) is 4.79 Å². The second-order valence-corrected chi connectivity index (χ2v) is 8.50. The van der Waals surface area contributed by atoms with Crippen molar-refractivity contribution in [2.45, 2.75) is 39.7 Å². The lowest BCUT2D eigenvalue weighted by Crippen LogP contribution is -2.48. The van der Waals surface area contributed by atoms with Crippen LogP contribution in [0.4, 0.5) is 5.95 Å². The lowest BCUT2D eigenvalue weighted by molar-refractivity contribution is -0.122. The molecule has 168 valence electrons. The molecule has 3 rings (SSSR count). The number of aromatic nitrogens is 2. The molecule has 0 aliphatic carbocycles. The van der Waals surface area contributed by atoms with Crippen LogP contribution in [0.5, 0.6) is 0 Å². The minimum Gasteiger partial charge on any atom is -0.378 e. The highest BCUT2D eigenvalue weighted by Gasteiger charge is 2.22. The van der Waals surface area contributed by atoms with Crippen molar-refractivity contribution < 1.29 is 14.3 Å². The molecule has 1 aromatic heterocycles. The van der Waals surface area contributed by atoms with Crippen molar-refractivity contribution in [3.05, 3.63) is 21.6 Å². The zero-order valence-corrected chi connectivity index (χ0v) is 18.4. The highest BCUT2D eigenvalue weighted by Crippen LogP contribution is 2.11. The van der Waals surface area contributed by atoms with Gasteiger partial charge in [-0.2, -0.15) is 0 Å². The minimum atomic E-state index is -0.170. The van der Waals surface area contributed by atoms with Gasteiger partial charge in [0.05, 0.1) is 25.9 Å². The monoisotopic (exact) mass is 421 g/mol. The molecule has 1 amide bonds. The summed E-state index contributed by atoms with van der Waals surface area (Å²) in [6.45, 7) is 12.9. The number of aromatic amines is 1. The third-order valence-electron chi connectivity index (χ3n) is 5.50. The largest absolute Gasteiger partial charge is 0.378 e. The van der Waals surface area contributed by atoms with Gasteiger partial charge in [-0.15, -0.1) is 0 Å². The maximum atomic E-state index is 12.5. The number of rotatable bonds is 8. The summed E-state index contributed by atoms with van der Waals surface area (Å²) in [5.74, 6) is 1.12. The number of aryl methyl sites for hydroxylation is 1. The number of H-pyrrole nitrogens is 1. The van der Waals surface area contributed by atoms with Crippen molar-refractivity contribution in [3.8, 4) is 0 Å². The molecule has 0 radical (unpaired) electrons. The average molecular weight is 422 g/mol. The Bertz CT molecular complexity index is 760. The van der Waals surface area contributed by atoms with Crippen LogP contribution in [0, 0.1) is 12.8 Å². The molecule has 30 heavy (non-hydrogen) atoms. The molecule has 1 atom stereocenters. The molecule has 1 aromatic rings. The number of nitrogens with zero attached hydrogens (tertiary/aromatic N) is 3. The standard InChI is InChI=1S/C21H35N5O4/c1-15(2)13-25-6-11-30-17(14-25)12-22-19(27)5-4-18-16(3)23-21(24-20(18)28)26-7-9-29-10-8-26/h15,17H,4-14H2,1-3H3,(H,22,27)(H,23,24,28). The Hall–Kier alpha value is -1.97. The average Bonchev–Trinajstić information content (AvgIpc) is 2.72. The Morgan fingerprint density at radius 2 is 2.03 bits per heavy atom. The zero-order valence-electron chi connectivity index (χ0n) is 18.4. The Kier molecular flexibility index (Phi) is 8.24.